The lowest BCUT2D eigenvalue weighted by Gasteiger charge is -2.39. The van der Waals surface area contributed by atoms with Crippen LogP contribution in [0.4, 0.5) is 11.4 Å². The summed E-state index contributed by atoms with van der Waals surface area (Å²) < 4.78 is 0. The van der Waals surface area contributed by atoms with E-state index in [0.717, 1.165) is 17.6 Å². The van der Waals surface area contributed by atoms with Crippen molar-refractivity contribution < 1.29 is 0 Å². The van der Waals surface area contributed by atoms with E-state index < -0.39 is 0 Å². The van der Waals surface area contributed by atoms with Gasteiger partial charge in [0.1, 0.15) is 0 Å². The molecule has 0 spiro atoms. The maximum Gasteiger partial charge on any atom is 0.0371 e. The van der Waals surface area contributed by atoms with Gasteiger partial charge in [-0.2, -0.15) is 0 Å². The van der Waals surface area contributed by atoms with Gasteiger partial charge in [0.05, 0.1) is 0 Å². The van der Waals surface area contributed by atoms with E-state index in [4.69, 9.17) is 5.73 Å². The summed E-state index contributed by atoms with van der Waals surface area (Å²) in [6, 6.07) is 7.48. The summed E-state index contributed by atoms with van der Waals surface area (Å²) in [5.41, 5.74) is 9.90. The van der Waals surface area contributed by atoms with E-state index in [2.05, 4.69) is 28.0 Å². The molecule has 0 amide bonds. The van der Waals surface area contributed by atoms with Gasteiger partial charge in [-0.1, -0.05) is 0 Å². The third kappa shape index (κ3) is 2.10. The highest BCUT2D eigenvalue weighted by Crippen LogP contribution is 2.44. The van der Waals surface area contributed by atoms with Crippen LogP contribution < -0.4 is 10.6 Å². The van der Waals surface area contributed by atoms with Crippen LogP contribution in [0.5, 0.6) is 0 Å². The van der Waals surface area contributed by atoms with Crippen molar-refractivity contribution in [2.75, 3.05) is 36.8 Å². The molecule has 2 heterocycles. The highest BCUT2D eigenvalue weighted by atomic mass is 15.3. The first-order valence-corrected chi connectivity index (χ1v) is 7.70. The first-order valence-electron chi connectivity index (χ1n) is 7.70. The molecule has 102 valence electrons. The number of hydrogen-bond acceptors (Lipinski definition) is 3. The van der Waals surface area contributed by atoms with Gasteiger partial charge in [0, 0.05) is 37.1 Å². The van der Waals surface area contributed by atoms with Crippen LogP contribution in [0.1, 0.15) is 37.2 Å². The molecule has 1 aromatic carbocycles. The largest absolute Gasteiger partial charge is 0.398 e. The van der Waals surface area contributed by atoms with Crippen molar-refractivity contribution in [1.82, 2.24) is 4.90 Å². The van der Waals surface area contributed by atoms with Crippen molar-refractivity contribution in [2.45, 2.75) is 37.6 Å². The lowest BCUT2D eigenvalue weighted by atomic mass is 10.1. The monoisotopic (exact) mass is 257 g/mol. The molecule has 3 heteroatoms. The zero-order chi connectivity index (χ0) is 12.8. The molecular formula is C16H23N3. The maximum atomic E-state index is 6.12. The Hall–Kier alpha value is -1.22. The van der Waals surface area contributed by atoms with Crippen molar-refractivity contribution in [2.24, 2.45) is 0 Å². The second-order valence-corrected chi connectivity index (χ2v) is 6.37. The molecule has 3 aliphatic rings. The zero-order valence-electron chi connectivity index (χ0n) is 11.5. The van der Waals surface area contributed by atoms with Gasteiger partial charge in [-0.3, -0.25) is 4.90 Å². The molecular weight excluding hydrogens is 234 g/mol. The van der Waals surface area contributed by atoms with Gasteiger partial charge in [-0.15, -0.1) is 0 Å². The zero-order valence-corrected chi connectivity index (χ0v) is 11.5. The predicted molar refractivity (Wildman–Crippen MR) is 79.6 cm³/mol. The second-order valence-electron chi connectivity index (χ2n) is 6.37. The highest BCUT2D eigenvalue weighted by Gasteiger charge is 2.31. The molecule has 1 aliphatic carbocycles. The Morgan fingerprint density at radius 2 is 1.95 bits per heavy atom. The van der Waals surface area contributed by atoms with Crippen molar-refractivity contribution in [3.8, 4) is 0 Å². The Kier molecular flexibility index (Phi) is 2.69. The van der Waals surface area contributed by atoms with Crippen LogP contribution in [0.2, 0.25) is 0 Å². The summed E-state index contributed by atoms with van der Waals surface area (Å²) in [7, 11) is 0. The number of benzene rings is 1. The van der Waals surface area contributed by atoms with Crippen molar-refractivity contribution in [3.63, 3.8) is 0 Å². The van der Waals surface area contributed by atoms with Crippen molar-refractivity contribution in [3.05, 3.63) is 23.8 Å². The smallest absolute Gasteiger partial charge is 0.0371 e. The normalized spacial score (nSPS) is 27.6. The van der Waals surface area contributed by atoms with Gasteiger partial charge in [0.25, 0.3) is 0 Å². The van der Waals surface area contributed by atoms with E-state index >= 15 is 0 Å². The van der Waals surface area contributed by atoms with Gasteiger partial charge >= 0.3 is 0 Å². The van der Waals surface area contributed by atoms with Crippen LogP contribution in [0.15, 0.2) is 18.2 Å². The quantitative estimate of drug-likeness (QED) is 0.826. The molecule has 3 fully saturated rings. The molecule has 1 aromatic rings. The summed E-state index contributed by atoms with van der Waals surface area (Å²) in [6.07, 6.45) is 5.41. The van der Waals surface area contributed by atoms with E-state index in [1.54, 1.807) is 0 Å². The topological polar surface area (TPSA) is 32.5 Å². The number of nitrogens with zero attached hydrogens (tertiary/aromatic N) is 2. The number of nitrogen functional groups attached to an aromatic ring is 1. The Bertz CT molecular complexity index is 481. The first kappa shape index (κ1) is 11.6. The lowest BCUT2D eigenvalue weighted by Crippen LogP contribution is -2.50. The van der Waals surface area contributed by atoms with E-state index in [1.165, 1.54) is 63.1 Å². The summed E-state index contributed by atoms with van der Waals surface area (Å²) in [6.45, 7) is 4.92. The average molecular weight is 257 g/mol. The van der Waals surface area contributed by atoms with Gasteiger partial charge in [0.15, 0.2) is 0 Å². The maximum absolute atomic E-state index is 6.12. The Labute approximate surface area is 115 Å². The number of fused-ring (bicyclic) bond motifs is 1. The van der Waals surface area contributed by atoms with E-state index in [1.807, 2.05) is 0 Å². The number of piperazine rings is 1. The van der Waals surface area contributed by atoms with Gasteiger partial charge in [-0.25, -0.2) is 0 Å². The van der Waals surface area contributed by atoms with E-state index in [-0.39, 0.29) is 0 Å². The fourth-order valence-corrected chi connectivity index (χ4v) is 3.73. The molecule has 3 nitrogen and oxygen atoms in total. The number of hydrogen-bond donors (Lipinski definition) is 1. The average Bonchev–Trinajstić information content (AvgIpc) is 3.16. The number of anilines is 2. The molecule has 2 aliphatic heterocycles. The Morgan fingerprint density at radius 3 is 2.79 bits per heavy atom. The van der Waals surface area contributed by atoms with Crippen LogP contribution in [-0.4, -0.2) is 37.1 Å². The van der Waals surface area contributed by atoms with Crippen LogP contribution in [0.25, 0.3) is 0 Å². The third-order valence-corrected chi connectivity index (χ3v) is 5.04. The van der Waals surface area contributed by atoms with E-state index in [9.17, 15) is 0 Å². The Balaban J connectivity index is 1.56. The fourth-order valence-electron chi connectivity index (χ4n) is 3.73. The van der Waals surface area contributed by atoms with Crippen LogP contribution >= 0.6 is 0 Å². The molecule has 19 heavy (non-hydrogen) atoms. The van der Waals surface area contributed by atoms with Gasteiger partial charge in [0.2, 0.25) is 0 Å². The number of rotatable bonds is 2. The van der Waals surface area contributed by atoms with Crippen LogP contribution in [-0.2, 0) is 0 Å². The van der Waals surface area contributed by atoms with Crippen LogP contribution in [0, 0.1) is 0 Å². The molecule has 0 radical (unpaired) electrons. The Morgan fingerprint density at radius 1 is 1.05 bits per heavy atom. The second kappa shape index (κ2) is 4.41. The summed E-state index contributed by atoms with van der Waals surface area (Å²) in [5.74, 6) is 0.743. The van der Waals surface area contributed by atoms with Gasteiger partial charge < -0.3 is 10.6 Å². The SMILES string of the molecule is Nc1ccc(N2CCN3CCC[C@@H]3C2)cc1C1CC1. The first-order chi connectivity index (χ1) is 9.31. The number of nitrogens with two attached hydrogens (primary N) is 1. The fraction of sp³-hybridized carbons (Fsp3) is 0.625. The summed E-state index contributed by atoms with van der Waals surface area (Å²) in [5, 5.41) is 0. The molecule has 0 bridgehead atoms. The van der Waals surface area contributed by atoms with Gasteiger partial charge in [-0.05, 0) is 61.9 Å². The molecule has 0 aromatic heterocycles. The summed E-state index contributed by atoms with van der Waals surface area (Å²) >= 11 is 0. The lowest BCUT2D eigenvalue weighted by molar-refractivity contribution is 0.231. The molecule has 2 N–H and O–H groups in total. The standard InChI is InChI=1S/C16H23N3/c17-16-6-5-13(10-15(16)12-3-4-12)19-9-8-18-7-1-2-14(18)11-19/h5-6,10,12,14H,1-4,7-9,11,17H2/t14-/m1/s1. The molecule has 1 saturated carbocycles. The highest BCUT2D eigenvalue weighted by molar-refractivity contribution is 5.60. The predicted octanol–water partition coefficient (Wildman–Crippen LogP) is 2.43. The third-order valence-electron chi connectivity index (χ3n) is 5.04. The summed E-state index contributed by atoms with van der Waals surface area (Å²) in [4.78, 5) is 5.23. The molecule has 1 atom stereocenters. The van der Waals surface area contributed by atoms with Crippen molar-refractivity contribution >= 4 is 11.4 Å². The molecule has 4 rings (SSSR count). The van der Waals surface area contributed by atoms with E-state index in [0.29, 0.717) is 0 Å². The molecule has 0 unspecified atom stereocenters. The minimum atomic E-state index is 0.743. The minimum absolute atomic E-state index is 0.743. The van der Waals surface area contributed by atoms with Crippen LogP contribution in [0.3, 0.4) is 0 Å². The minimum Gasteiger partial charge on any atom is -0.398 e. The molecule has 2 saturated heterocycles. The van der Waals surface area contributed by atoms with Crippen molar-refractivity contribution in [1.29, 1.82) is 0 Å².